The predicted molar refractivity (Wildman–Crippen MR) is 112 cm³/mol. The van der Waals surface area contributed by atoms with E-state index >= 15 is 0 Å². The number of nitrogens with one attached hydrogen (secondary N) is 1. The van der Waals surface area contributed by atoms with E-state index in [0.29, 0.717) is 17.3 Å². The van der Waals surface area contributed by atoms with Crippen molar-refractivity contribution in [2.75, 3.05) is 5.32 Å². The summed E-state index contributed by atoms with van der Waals surface area (Å²) in [5, 5.41) is 16.7. The summed E-state index contributed by atoms with van der Waals surface area (Å²) in [4.78, 5) is 13.5. The largest absolute Gasteiger partial charge is 0.506 e. The zero-order valence-electron chi connectivity index (χ0n) is 14.9. The molecule has 134 valence electrons. The van der Waals surface area contributed by atoms with Gasteiger partial charge in [0.2, 0.25) is 0 Å². The maximum atomic E-state index is 10.5. The van der Waals surface area contributed by atoms with Crippen molar-refractivity contribution in [1.82, 2.24) is 15.0 Å². The van der Waals surface area contributed by atoms with Gasteiger partial charge in [0.05, 0.1) is 11.2 Å². The highest BCUT2D eigenvalue weighted by Gasteiger charge is 2.12. The van der Waals surface area contributed by atoms with E-state index in [4.69, 9.17) is 4.98 Å². The van der Waals surface area contributed by atoms with Crippen molar-refractivity contribution in [1.29, 1.82) is 0 Å². The van der Waals surface area contributed by atoms with Crippen LogP contribution in [0.1, 0.15) is 0 Å². The van der Waals surface area contributed by atoms with Gasteiger partial charge in [-0.2, -0.15) is 0 Å². The van der Waals surface area contributed by atoms with Gasteiger partial charge in [0.1, 0.15) is 11.6 Å². The van der Waals surface area contributed by atoms with Gasteiger partial charge >= 0.3 is 0 Å². The maximum Gasteiger partial charge on any atom is 0.162 e. The topological polar surface area (TPSA) is 70.9 Å². The Kier molecular flexibility index (Phi) is 3.84. The molecule has 0 atom stereocenters. The van der Waals surface area contributed by atoms with Crippen molar-refractivity contribution in [2.45, 2.75) is 0 Å². The average Bonchev–Trinajstić information content (AvgIpc) is 2.75. The predicted octanol–water partition coefficient (Wildman–Crippen LogP) is 5.29. The van der Waals surface area contributed by atoms with Crippen LogP contribution in [0.2, 0.25) is 0 Å². The SMILES string of the molecule is Oc1cc2ccccc2cc1Nc1nc(-c2ccncc2)nc2ccccc12. The van der Waals surface area contributed by atoms with E-state index in [9.17, 15) is 5.11 Å². The number of hydrogen-bond acceptors (Lipinski definition) is 5. The number of anilines is 2. The van der Waals surface area contributed by atoms with Gasteiger partial charge in [-0.25, -0.2) is 9.97 Å². The molecule has 0 aliphatic heterocycles. The van der Waals surface area contributed by atoms with E-state index in [2.05, 4.69) is 15.3 Å². The third kappa shape index (κ3) is 2.89. The van der Waals surface area contributed by atoms with Crippen molar-refractivity contribution >= 4 is 33.2 Å². The molecule has 5 aromatic rings. The summed E-state index contributed by atoms with van der Waals surface area (Å²) in [5.41, 5.74) is 2.31. The number of fused-ring (bicyclic) bond motifs is 2. The van der Waals surface area contributed by atoms with Crippen LogP contribution < -0.4 is 5.32 Å². The van der Waals surface area contributed by atoms with Crippen LogP contribution in [-0.4, -0.2) is 20.1 Å². The molecule has 0 fully saturated rings. The van der Waals surface area contributed by atoms with Crippen LogP contribution in [0.3, 0.4) is 0 Å². The third-order valence-corrected chi connectivity index (χ3v) is 4.66. The molecular formula is C23H16N4O. The Bertz CT molecular complexity index is 1300. The Morgan fingerprint density at radius 1 is 0.750 bits per heavy atom. The second kappa shape index (κ2) is 6.63. The summed E-state index contributed by atoms with van der Waals surface area (Å²) in [6.07, 6.45) is 3.44. The average molecular weight is 364 g/mol. The number of benzene rings is 3. The standard InChI is InChI=1S/C23H16N4O/c28-21-14-17-6-2-1-5-16(17)13-20(21)26-23-18-7-3-4-8-19(18)25-22(27-23)15-9-11-24-12-10-15/h1-14,28H,(H,25,26,27). The molecule has 0 aliphatic rings. The van der Waals surface area contributed by atoms with E-state index in [0.717, 1.165) is 27.2 Å². The summed E-state index contributed by atoms with van der Waals surface area (Å²) in [6, 6.07) is 23.2. The molecule has 3 aromatic carbocycles. The fraction of sp³-hybridized carbons (Fsp3) is 0. The lowest BCUT2D eigenvalue weighted by Crippen LogP contribution is -1.99. The number of nitrogens with zero attached hydrogens (tertiary/aromatic N) is 3. The minimum Gasteiger partial charge on any atom is -0.506 e. The highest BCUT2D eigenvalue weighted by Crippen LogP contribution is 2.33. The molecule has 0 bridgehead atoms. The van der Waals surface area contributed by atoms with E-state index in [1.807, 2.05) is 66.7 Å². The molecular weight excluding hydrogens is 348 g/mol. The number of phenolic OH excluding ortho intramolecular Hbond substituents is 1. The second-order valence-corrected chi connectivity index (χ2v) is 6.49. The highest BCUT2D eigenvalue weighted by molar-refractivity contribution is 5.95. The van der Waals surface area contributed by atoms with Crippen LogP contribution in [0, 0.1) is 0 Å². The van der Waals surface area contributed by atoms with Crippen molar-refractivity contribution in [3.05, 3.63) is 85.2 Å². The molecule has 2 heterocycles. The van der Waals surface area contributed by atoms with E-state index in [1.54, 1.807) is 18.5 Å². The third-order valence-electron chi connectivity index (χ3n) is 4.66. The van der Waals surface area contributed by atoms with Gasteiger partial charge in [0, 0.05) is 23.3 Å². The minimum absolute atomic E-state index is 0.173. The molecule has 0 unspecified atom stereocenters. The Balaban J connectivity index is 1.67. The summed E-state index contributed by atoms with van der Waals surface area (Å²) < 4.78 is 0. The van der Waals surface area contributed by atoms with Crippen LogP contribution in [0.5, 0.6) is 5.75 Å². The molecule has 5 heteroatoms. The normalized spacial score (nSPS) is 11.0. The Hall–Kier alpha value is -3.99. The zero-order valence-corrected chi connectivity index (χ0v) is 14.9. The maximum absolute atomic E-state index is 10.5. The number of phenols is 1. The van der Waals surface area contributed by atoms with Crippen molar-refractivity contribution in [3.63, 3.8) is 0 Å². The van der Waals surface area contributed by atoms with Gasteiger partial charge in [-0.1, -0.05) is 36.4 Å². The summed E-state index contributed by atoms with van der Waals surface area (Å²) in [5.74, 6) is 1.42. The molecule has 0 amide bonds. The van der Waals surface area contributed by atoms with Crippen molar-refractivity contribution in [2.24, 2.45) is 0 Å². The fourth-order valence-electron chi connectivity index (χ4n) is 3.26. The lowest BCUT2D eigenvalue weighted by Gasteiger charge is -2.13. The number of rotatable bonds is 3. The van der Waals surface area contributed by atoms with E-state index in [1.165, 1.54) is 0 Å². The Morgan fingerprint density at radius 3 is 2.29 bits per heavy atom. The van der Waals surface area contributed by atoms with Crippen LogP contribution >= 0.6 is 0 Å². The van der Waals surface area contributed by atoms with Gasteiger partial charge in [-0.05, 0) is 47.2 Å². The molecule has 2 aromatic heterocycles. The Morgan fingerprint density at radius 2 is 1.46 bits per heavy atom. The monoisotopic (exact) mass is 364 g/mol. The summed E-state index contributed by atoms with van der Waals surface area (Å²) in [6.45, 7) is 0. The van der Waals surface area contributed by atoms with E-state index in [-0.39, 0.29) is 5.75 Å². The molecule has 0 spiro atoms. The smallest absolute Gasteiger partial charge is 0.162 e. The molecule has 2 N–H and O–H groups in total. The fourth-order valence-corrected chi connectivity index (χ4v) is 3.26. The van der Waals surface area contributed by atoms with Crippen LogP contribution in [0.15, 0.2) is 85.2 Å². The molecule has 0 saturated heterocycles. The van der Waals surface area contributed by atoms with Gasteiger partial charge in [-0.15, -0.1) is 0 Å². The first-order valence-electron chi connectivity index (χ1n) is 8.94. The van der Waals surface area contributed by atoms with Crippen LogP contribution in [-0.2, 0) is 0 Å². The first-order chi connectivity index (χ1) is 13.8. The van der Waals surface area contributed by atoms with Crippen molar-refractivity contribution < 1.29 is 5.11 Å². The molecule has 0 radical (unpaired) electrons. The molecule has 0 saturated carbocycles. The summed E-state index contributed by atoms with van der Waals surface area (Å²) >= 11 is 0. The second-order valence-electron chi connectivity index (χ2n) is 6.49. The highest BCUT2D eigenvalue weighted by atomic mass is 16.3. The molecule has 0 aliphatic carbocycles. The number of aromatic hydroxyl groups is 1. The lowest BCUT2D eigenvalue weighted by atomic mass is 10.1. The van der Waals surface area contributed by atoms with E-state index < -0.39 is 0 Å². The number of pyridine rings is 1. The first-order valence-corrected chi connectivity index (χ1v) is 8.94. The quantitative estimate of drug-likeness (QED) is 0.425. The first kappa shape index (κ1) is 16.2. The molecule has 28 heavy (non-hydrogen) atoms. The number of hydrogen-bond donors (Lipinski definition) is 2. The lowest BCUT2D eigenvalue weighted by molar-refractivity contribution is 0.478. The van der Waals surface area contributed by atoms with Gasteiger partial charge in [0.15, 0.2) is 5.82 Å². The van der Waals surface area contributed by atoms with Crippen LogP contribution in [0.4, 0.5) is 11.5 Å². The zero-order chi connectivity index (χ0) is 18.9. The number of para-hydroxylation sites is 1. The van der Waals surface area contributed by atoms with Crippen molar-refractivity contribution in [3.8, 4) is 17.1 Å². The molecule has 5 rings (SSSR count). The summed E-state index contributed by atoms with van der Waals surface area (Å²) in [7, 11) is 0. The minimum atomic E-state index is 0.173. The van der Waals surface area contributed by atoms with Crippen LogP contribution in [0.25, 0.3) is 33.1 Å². The molecule has 5 nitrogen and oxygen atoms in total. The van der Waals surface area contributed by atoms with Gasteiger partial charge < -0.3 is 10.4 Å². The number of aromatic nitrogens is 3. The van der Waals surface area contributed by atoms with Gasteiger partial charge in [-0.3, -0.25) is 4.98 Å². The Labute approximate surface area is 161 Å². The van der Waals surface area contributed by atoms with Gasteiger partial charge in [0.25, 0.3) is 0 Å².